The van der Waals surface area contributed by atoms with Gasteiger partial charge in [0.05, 0.1) is 26.9 Å². The number of thiazole rings is 1. The highest BCUT2D eigenvalue weighted by Crippen LogP contribution is 2.33. The standard InChI is InChI=1S/C14H12BrClFN3S/c1-7(16)13-19-11-5-9(15)10(17)6-12(11)20(13)8(2)14-18-3-4-21-14/h3-8H,1-2H3. The van der Waals surface area contributed by atoms with Crippen LogP contribution < -0.4 is 0 Å². The zero-order chi connectivity index (χ0) is 15.1. The SMILES string of the molecule is CC(Cl)c1nc2cc(Br)c(F)cc2n1C(C)c1nccs1. The molecule has 0 aliphatic rings. The quantitative estimate of drug-likeness (QED) is 0.570. The molecule has 0 spiro atoms. The smallest absolute Gasteiger partial charge is 0.139 e. The van der Waals surface area contributed by atoms with Crippen molar-refractivity contribution in [2.75, 3.05) is 0 Å². The van der Waals surface area contributed by atoms with Gasteiger partial charge in [0.1, 0.15) is 16.6 Å². The van der Waals surface area contributed by atoms with Gasteiger partial charge >= 0.3 is 0 Å². The largest absolute Gasteiger partial charge is 0.317 e. The van der Waals surface area contributed by atoms with Crippen LogP contribution in [-0.2, 0) is 0 Å². The molecule has 7 heteroatoms. The lowest BCUT2D eigenvalue weighted by atomic mass is 10.2. The van der Waals surface area contributed by atoms with Gasteiger partial charge in [0.25, 0.3) is 0 Å². The molecule has 0 fully saturated rings. The molecule has 0 aliphatic heterocycles. The van der Waals surface area contributed by atoms with Crippen molar-refractivity contribution in [1.29, 1.82) is 0 Å². The van der Waals surface area contributed by atoms with E-state index >= 15 is 0 Å². The Bertz CT molecular complexity index is 785. The molecule has 0 saturated heterocycles. The molecular weight excluding hydrogens is 377 g/mol. The van der Waals surface area contributed by atoms with Gasteiger partial charge in [-0.25, -0.2) is 14.4 Å². The summed E-state index contributed by atoms with van der Waals surface area (Å²) in [5, 5.41) is 2.59. The lowest BCUT2D eigenvalue weighted by Crippen LogP contribution is -2.11. The minimum absolute atomic E-state index is 0.0493. The summed E-state index contributed by atoms with van der Waals surface area (Å²) in [6.07, 6.45) is 1.76. The van der Waals surface area contributed by atoms with Gasteiger partial charge < -0.3 is 4.57 Å². The van der Waals surface area contributed by atoms with Crippen molar-refractivity contribution in [2.24, 2.45) is 0 Å². The van der Waals surface area contributed by atoms with Gasteiger partial charge in [-0.15, -0.1) is 22.9 Å². The summed E-state index contributed by atoms with van der Waals surface area (Å²) in [7, 11) is 0. The monoisotopic (exact) mass is 387 g/mol. The first-order valence-electron chi connectivity index (χ1n) is 6.39. The number of rotatable bonds is 3. The summed E-state index contributed by atoms with van der Waals surface area (Å²) in [5.74, 6) is 0.399. The first-order chi connectivity index (χ1) is 9.99. The number of fused-ring (bicyclic) bond motifs is 1. The van der Waals surface area contributed by atoms with Gasteiger partial charge in [0.15, 0.2) is 0 Å². The van der Waals surface area contributed by atoms with Gasteiger partial charge in [-0.2, -0.15) is 0 Å². The van der Waals surface area contributed by atoms with E-state index in [4.69, 9.17) is 11.6 Å². The van der Waals surface area contributed by atoms with Gasteiger partial charge in [-0.05, 0) is 35.8 Å². The zero-order valence-electron chi connectivity index (χ0n) is 11.3. The maximum atomic E-state index is 13.9. The average molecular weight is 389 g/mol. The molecule has 0 radical (unpaired) electrons. The average Bonchev–Trinajstić information content (AvgIpc) is 3.06. The van der Waals surface area contributed by atoms with Crippen molar-refractivity contribution in [3.63, 3.8) is 0 Å². The van der Waals surface area contributed by atoms with Crippen molar-refractivity contribution in [2.45, 2.75) is 25.3 Å². The molecule has 0 saturated carbocycles. The molecule has 2 unspecified atom stereocenters. The van der Waals surface area contributed by atoms with Crippen molar-refractivity contribution in [3.8, 4) is 0 Å². The van der Waals surface area contributed by atoms with E-state index in [1.165, 1.54) is 6.07 Å². The third-order valence-electron chi connectivity index (χ3n) is 3.31. The summed E-state index contributed by atoms with van der Waals surface area (Å²) < 4.78 is 16.3. The summed E-state index contributed by atoms with van der Waals surface area (Å²) in [5.41, 5.74) is 1.44. The van der Waals surface area contributed by atoms with Crippen LogP contribution in [0.4, 0.5) is 4.39 Å². The predicted molar refractivity (Wildman–Crippen MR) is 87.6 cm³/mol. The Morgan fingerprint density at radius 1 is 1.38 bits per heavy atom. The Balaban J connectivity index is 2.27. The minimum atomic E-state index is -0.316. The number of aromatic nitrogens is 3. The van der Waals surface area contributed by atoms with E-state index < -0.39 is 0 Å². The number of alkyl halides is 1. The van der Waals surface area contributed by atoms with Crippen molar-refractivity contribution < 1.29 is 4.39 Å². The van der Waals surface area contributed by atoms with Crippen LogP contribution in [0.3, 0.4) is 0 Å². The molecule has 2 atom stereocenters. The van der Waals surface area contributed by atoms with E-state index in [0.717, 1.165) is 10.5 Å². The molecular formula is C14H12BrClFN3S. The highest BCUT2D eigenvalue weighted by atomic mass is 79.9. The van der Waals surface area contributed by atoms with Crippen molar-refractivity contribution in [3.05, 3.63) is 44.8 Å². The fourth-order valence-electron chi connectivity index (χ4n) is 2.35. The van der Waals surface area contributed by atoms with Crippen molar-refractivity contribution >= 4 is 49.9 Å². The lowest BCUT2D eigenvalue weighted by molar-refractivity contribution is 0.605. The normalized spacial score (nSPS) is 14.5. The number of hydrogen-bond donors (Lipinski definition) is 0. The van der Waals surface area contributed by atoms with Crippen LogP contribution in [0.2, 0.25) is 0 Å². The molecule has 0 bridgehead atoms. The number of nitrogens with zero attached hydrogens (tertiary/aromatic N) is 3. The second-order valence-electron chi connectivity index (χ2n) is 4.76. The molecule has 21 heavy (non-hydrogen) atoms. The van der Waals surface area contributed by atoms with E-state index in [1.807, 2.05) is 23.8 Å². The van der Waals surface area contributed by atoms with E-state index in [-0.39, 0.29) is 17.2 Å². The summed E-state index contributed by atoms with van der Waals surface area (Å²) in [6, 6.07) is 3.12. The van der Waals surface area contributed by atoms with Crippen LogP contribution in [0.1, 0.15) is 36.1 Å². The van der Waals surface area contributed by atoms with Gasteiger partial charge in [0, 0.05) is 17.6 Å². The molecule has 1 aromatic carbocycles. The van der Waals surface area contributed by atoms with E-state index in [0.29, 0.717) is 15.8 Å². The number of imidazole rings is 1. The second-order valence-corrected chi connectivity index (χ2v) is 7.19. The Morgan fingerprint density at radius 3 is 2.76 bits per heavy atom. The fourth-order valence-corrected chi connectivity index (χ4v) is 3.52. The maximum Gasteiger partial charge on any atom is 0.139 e. The van der Waals surface area contributed by atoms with Crippen LogP contribution in [0.25, 0.3) is 11.0 Å². The Kier molecular flexibility index (Phi) is 4.03. The highest BCUT2D eigenvalue weighted by molar-refractivity contribution is 9.10. The summed E-state index contributed by atoms with van der Waals surface area (Å²) in [6.45, 7) is 3.88. The number of hydrogen-bond acceptors (Lipinski definition) is 3. The van der Waals surface area contributed by atoms with Crippen LogP contribution >= 0.6 is 38.9 Å². The molecule has 2 aromatic heterocycles. The van der Waals surface area contributed by atoms with E-state index in [1.54, 1.807) is 23.6 Å². The molecule has 3 aromatic rings. The molecule has 0 N–H and O–H groups in total. The van der Waals surface area contributed by atoms with E-state index in [9.17, 15) is 4.39 Å². The predicted octanol–water partition coefficient (Wildman–Crippen LogP) is 5.30. The minimum Gasteiger partial charge on any atom is -0.317 e. The Labute approximate surface area is 138 Å². The first kappa shape index (κ1) is 14.9. The molecule has 2 heterocycles. The molecule has 0 amide bonds. The Hall–Kier alpha value is -0.980. The van der Waals surface area contributed by atoms with Crippen LogP contribution in [-0.4, -0.2) is 14.5 Å². The fraction of sp³-hybridized carbons (Fsp3) is 0.286. The first-order valence-corrected chi connectivity index (χ1v) is 8.50. The van der Waals surface area contributed by atoms with Gasteiger partial charge in [-0.1, -0.05) is 0 Å². The van der Waals surface area contributed by atoms with Crippen molar-refractivity contribution in [1.82, 2.24) is 14.5 Å². The highest BCUT2D eigenvalue weighted by Gasteiger charge is 2.22. The second kappa shape index (κ2) is 5.66. The maximum absolute atomic E-state index is 13.9. The zero-order valence-corrected chi connectivity index (χ0v) is 14.5. The third-order valence-corrected chi connectivity index (χ3v) is 5.06. The summed E-state index contributed by atoms with van der Waals surface area (Å²) in [4.78, 5) is 8.90. The molecule has 3 rings (SSSR count). The Morgan fingerprint density at radius 2 is 2.14 bits per heavy atom. The molecule has 0 aliphatic carbocycles. The van der Waals surface area contributed by atoms with Crippen LogP contribution in [0.5, 0.6) is 0 Å². The lowest BCUT2D eigenvalue weighted by Gasteiger charge is -2.16. The molecule has 3 nitrogen and oxygen atoms in total. The third kappa shape index (κ3) is 2.60. The van der Waals surface area contributed by atoms with Gasteiger partial charge in [-0.3, -0.25) is 0 Å². The summed E-state index contributed by atoms with van der Waals surface area (Å²) >= 11 is 11.0. The van der Waals surface area contributed by atoms with E-state index in [2.05, 4.69) is 25.9 Å². The molecule has 110 valence electrons. The number of benzene rings is 1. The van der Waals surface area contributed by atoms with Crippen LogP contribution in [0.15, 0.2) is 28.2 Å². The van der Waals surface area contributed by atoms with Crippen LogP contribution in [0, 0.1) is 5.82 Å². The number of halogens is 3. The van der Waals surface area contributed by atoms with Gasteiger partial charge in [0.2, 0.25) is 0 Å². The topological polar surface area (TPSA) is 30.7 Å².